The zero-order valence-corrected chi connectivity index (χ0v) is 12.6. The molecule has 0 aromatic heterocycles. The third-order valence-electron chi connectivity index (χ3n) is 2.76. The molecular weight excluding hydrogens is 324 g/mol. The van der Waals surface area contributed by atoms with Crippen LogP contribution in [0.3, 0.4) is 0 Å². The van der Waals surface area contributed by atoms with Gasteiger partial charge in [0, 0.05) is 24.4 Å². The van der Waals surface area contributed by atoms with Crippen LogP contribution in [-0.2, 0) is 9.53 Å². The second-order valence-electron chi connectivity index (χ2n) is 4.54. The molecular formula is C13H16N4O7. The first kappa shape index (κ1) is 18.8. The molecule has 0 fully saturated rings. The number of aliphatic hydroxyl groups excluding tert-OH is 1. The van der Waals surface area contributed by atoms with Crippen LogP contribution in [0.4, 0.5) is 16.2 Å². The van der Waals surface area contributed by atoms with Crippen LogP contribution in [0.25, 0.3) is 0 Å². The Balaban J connectivity index is 3.01. The van der Waals surface area contributed by atoms with Crippen molar-refractivity contribution in [2.24, 2.45) is 5.73 Å². The van der Waals surface area contributed by atoms with Gasteiger partial charge in [0.2, 0.25) is 0 Å². The molecule has 1 rings (SSSR count). The zero-order chi connectivity index (χ0) is 18.3. The van der Waals surface area contributed by atoms with Crippen molar-refractivity contribution in [3.8, 4) is 0 Å². The van der Waals surface area contributed by atoms with Crippen molar-refractivity contribution in [1.29, 1.82) is 0 Å². The van der Waals surface area contributed by atoms with Gasteiger partial charge < -0.3 is 20.9 Å². The van der Waals surface area contributed by atoms with Crippen LogP contribution in [0.5, 0.6) is 0 Å². The van der Waals surface area contributed by atoms with Crippen LogP contribution in [0.2, 0.25) is 0 Å². The number of rotatable bonds is 7. The molecule has 0 aliphatic heterocycles. The minimum absolute atomic E-state index is 0.0931. The van der Waals surface area contributed by atoms with Gasteiger partial charge in [0.1, 0.15) is 0 Å². The summed E-state index contributed by atoms with van der Waals surface area (Å²) in [5.41, 5.74) is 4.41. The number of urea groups is 1. The fourth-order valence-corrected chi connectivity index (χ4v) is 1.66. The van der Waals surface area contributed by atoms with Crippen molar-refractivity contribution < 1.29 is 29.2 Å². The van der Waals surface area contributed by atoms with E-state index in [1.807, 2.05) is 0 Å². The maximum atomic E-state index is 12.2. The number of nitro groups is 1. The SMILES string of the molecule is CC(OC(=O)c1cc([N+](=O)[O-])ccc1NCCO)C(=O)NC(N)=O. The first-order valence-electron chi connectivity index (χ1n) is 6.70. The summed E-state index contributed by atoms with van der Waals surface area (Å²) < 4.78 is 4.87. The Morgan fingerprint density at radius 3 is 2.62 bits per heavy atom. The van der Waals surface area contributed by atoms with E-state index in [1.54, 1.807) is 5.32 Å². The lowest BCUT2D eigenvalue weighted by Gasteiger charge is -2.14. The number of hydrogen-bond donors (Lipinski definition) is 4. The summed E-state index contributed by atoms with van der Waals surface area (Å²) in [5.74, 6) is -1.96. The van der Waals surface area contributed by atoms with Gasteiger partial charge in [0.25, 0.3) is 11.6 Å². The fraction of sp³-hybridized carbons (Fsp3) is 0.308. The molecule has 24 heavy (non-hydrogen) atoms. The number of nitrogens with zero attached hydrogens (tertiary/aromatic N) is 1. The number of nitro benzene ring substituents is 1. The highest BCUT2D eigenvalue weighted by molar-refractivity contribution is 6.00. The fourth-order valence-electron chi connectivity index (χ4n) is 1.66. The Bertz CT molecular complexity index is 662. The average molecular weight is 340 g/mol. The molecule has 0 heterocycles. The van der Waals surface area contributed by atoms with Crippen molar-refractivity contribution in [2.45, 2.75) is 13.0 Å². The zero-order valence-electron chi connectivity index (χ0n) is 12.6. The smallest absolute Gasteiger partial charge is 0.341 e. The summed E-state index contributed by atoms with van der Waals surface area (Å²) in [4.78, 5) is 44.4. The molecule has 1 atom stereocenters. The van der Waals surface area contributed by atoms with Gasteiger partial charge in [-0.2, -0.15) is 0 Å². The summed E-state index contributed by atoms with van der Waals surface area (Å²) >= 11 is 0. The number of anilines is 1. The number of primary amides is 1. The molecule has 0 spiro atoms. The summed E-state index contributed by atoms with van der Waals surface area (Å²) in [6, 6.07) is 2.31. The van der Waals surface area contributed by atoms with E-state index in [0.717, 1.165) is 6.07 Å². The number of carbonyl (C=O) groups is 3. The second kappa shape index (κ2) is 8.43. The number of esters is 1. The molecule has 1 aromatic carbocycles. The van der Waals surface area contributed by atoms with E-state index in [-0.39, 0.29) is 30.1 Å². The van der Waals surface area contributed by atoms with E-state index >= 15 is 0 Å². The Labute approximate surface area is 135 Å². The molecule has 5 N–H and O–H groups in total. The summed E-state index contributed by atoms with van der Waals surface area (Å²) in [7, 11) is 0. The standard InChI is InChI=1S/C13H16N4O7/c1-7(11(19)16-13(14)21)24-12(20)9-6-8(17(22)23)2-3-10(9)15-4-5-18/h2-3,6-7,15,18H,4-5H2,1H3,(H3,14,16,19,21). The summed E-state index contributed by atoms with van der Waals surface area (Å²) in [6.45, 7) is 1.06. The maximum Gasteiger partial charge on any atom is 0.341 e. The van der Waals surface area contributed by atoms with Gasteiger partial charge in [-0.3, -0.25) is 20.2 Å². The van der Waals surface area contributed by atoms with E-state index in [1.165, 1.54) is 19.1 Å². The predicted octanol–water partition coefficient (Wildman–Crippen LogP) is -0.261. The van der Waals surface area contributed by atoms with E-state index in [9.17, 15) is 24.5 Å². The van der Waals surface area contributed by atoms with Gasteiger partial charge in [-0.25, -0.2) is 9.59 Å². The van der Waals surface area contributed by atoms with E-state index in [4.69, 9.17) is 15.6 Å². The highest BCUT2D eigenvalue weighted by Gasteiger charge is 2.23. The minimum atomic E-state index is -1.35. The van der Waals surface area contributed by atoms with Crippen LogP contribution in [0.1, 0.15) is 17.3 Å². The molecule has 0 aliphatic rings. The molecule has 0 radical (unpaired) electrons. The van der Waals surface area contributed by atoms with Crippen LogP contribution in [0.15, 0.2) is 18.2 Å². The summed E-state index contributed by atoms with van der Waals surface area (Å²) in [6.07, 6.45) is -1.35. The minimum Gasteiger partial charge on any atom is -0.449 e. The molecule has 130 valence electrons. The topological polar surface area (TPSA) is 174 Å². The highest BCUT2D eigenvalue weighted by Crippen LogP contribution is 2.23. The molecule has 1 unspecified atom stereocenters. The predicted molar refractivity (Wildman–Crippen MR) is 81.3 cm³/mol. The highest BCUT2D eigenvalue weighted by atomic mass is 16.6. The molecule has 0 saturated carbocycles. The summed E-state index contributed by atoms with van der Waals surface area (Å²) in [5, 5.41) is 24.1. The number of nitrogens with one attached hydrogen (secondary N) is 2. The molecule has 0 aliphatic carbocycles. The first-order chi connectivity index (χ1) is 11.3. The Morgan fingerprint density at radius 1 is 1.42 bits per heavy atom. The first-order valence-corrected chi connectivity index (χ1v) is 6.70. The number of non-ortho nitro benzene ring substituents is 1. The third-order valence-corrected chi connectivity index (χ3v) is 2.76. The Morgan fingerprint density at radius 2 is 2.08 bits per heavy atom. The number of amides is 3. The lowest BCUT2D eigenvalue weighted by atomic mass is 10.1. The number of nitrogens with two attached hydrogens (primary N) is 1. The lowest BCUT2D eigenvalue weighted by molar-refractivity contribution is -0.384. The number of hydrogen-bond acceptors (Lipinski definition) is 8. The monoisotopic (exact) mass is 340 g/mol. The van der Waals surface area contributed by atoms with Crippen molar-refractivity contribution in [3.05, 3.63) is 33.9 Å². The van der Waals surface area contributed by atoms with Crippen molar-refractivity contribution in [3.63, 3.8) is 0 Å². The maximum absolute atomic E-state index is 12.2. The number of benzene rings is 1. The molecule has 0 saturated heterocycles. The second-order valence-corrected chi connectivity index (χ2v) is 4.54. The Kier molecular flexibility index (Phi) is 6.62. The van der Waals surface area contributed by atoms with Crippen LogP contribution < -0.4 is 16.4 Å². The van der Waals surface area contributed by atoms with Gasteiger partial charge in [0.05, 0.1) is 17.1 Å². The van der Waals surface area contributed by atoms with Gasteiger partial charge >= 0.3 is 12.0 Å². The normalized spacial score (nSPS) is 11.2. The number of aliphatic hydroxyl groups is 1. The third kappa shape index (κ3) is 5.21. The van der Waals surface area contributed by atoms with Crippen molar-refractivity contribution in [2.75, 3.05) is 18.5 Å². The number of ether oxygens (including phenoxy) is 1. The van der Waals surface area contributed by atoms with E-state index < -0.39 is 28.9 Å². The average Bonchev–Trinajstić information content (AvgIpc) is 2.51. The van der Waals surface area contributed by atoms with E-state index in [2.05, 4.69) is 5.32 Å². The Hall–Kier alpha value is -3.21. The van der Waals surface area contributed by atoms with Crippen LogP contribution in [-0.4, -0.2) is 47.2 Å². The van der Waals surface area contributed by atoms with E-state index in [0.29, 0.717) is 0 Å². The number of imide groups is 1. The van der Waals surface area contributed by atoms with Crippen molar-refractivity contribution in [1.82, 2.24) is 5.32 Å². The van der Waals surface area contributed by atoms with Gasteiger partial charge in [-0.15, -0.1) is 0 Å². The molecule has 0 bridgehead atoms. The molecule has 3 amide bonds. The molecule has 11 nitrogen and oxygen atoms in total. The van der Waals surface area contributed by atoms with Gasteiger partial charge in [0.15, 0.2) is 6.10 Å². The van der Waals surface area contributed by atoms with Crippen molar-refractivity contribution >= 4 is 29.3 Å². The van der Waals surface area contributed by atoms with Crippen LogP contribution >= 0.6 is 0 Å². The lowest BCUT2D eigenvalue weighted by Crippen LogP contribution is -2.42. The van der Waals surface area contributed by atoms with Gasteiger partial charge in [-0.1, -0.05) is 0 Å². The molecule has 1 aromatic rings. The van der Waals surface area contributed by atoms with Crippen LogP contribution in [0, 0.1) is 10.1 Å². The largest absolute Gasteiger partial charge is 0.449 e. The number of carbonyl (C=O) groups excluding carboxylic acids is 3. The molecule has 11 heteroatoms. The quantitative estimate of drug-likeness (QED) is 0.298. The van der Waals surface area contributed by atoms with Gasteiger partial charge in [-0.05, 0) is 13.0 Å².